The lowest BCUT2D eigenvalue weighted by molar-refractivity contribution is -0.146. The van der Waals surface area contributed by atoms with Crippen molar-refractivity contribution in [3.63, 3.8) is 0 Å². The number of thioether (sulfide) groups is 1. The molecule has 0 fully saturated rings. The van der Waals surface area contributed by atoms with Crippen LogP contribution in [0.25, 0.3) is 0 Å². The predicted octanol–water partition coefficient (Wildman–Crippen LogP) is 3.07. The molecule has 3 nitrogen and oxygen atoms in total. The zero-order valence-corrected chi connectivity index (χ0v) is 11.4. The molecule has 0 saturated carbocycles. The van der Waals surface area contributed by atoms with Gasteiger partial charge in [-0.2, -0.15) is 0 Å². The van der Waals surface area contributed by atoms with Crippen molar-refractivity contribution in [1.29, 1.82) is 0 Å². The smallest absolute Gasteiger partial charge is 0.337 e. The van der Waals surface area contributed by atoms with Crippen LogP contribution in [0, 0.1) is 0 Å². The summed E-state index contributed by atoms with van der Waals surface area (Å²) in [5.41, 5.74) is 0.382. The highest BCUT2D eigenvalue weighted by Crippen LogP contribution is 2.32. The van der Waals surface area contributed by atoms with Crippen LogP contribution >= 0.6 is 27.7 Å². The van der Waals surface area contributed by atoms with Crippen molar-refractivity contribution in [2.24, 2.45) is 0 Å². The van der Waals surface area contributed by atoms with Crippen LogP contribution < -0.4 is 0 Å². The molecule has 0 radical (unpaired) electrons. The Hall–Kier alpha value is -0.520. The molecule has 1 atom stereocenters. The molecule has 2 N–H and O–H groups in total. The molecular formula is C11H13BrO3S. The summed E-state index contributed by atoms with van der Waals surface area (Å²) in [7, 11) is 0. The summed E-state index contributed by atoms with van der Waals surface area (Å²) in [6, 6.07) is 5.09. The molecule has 0 saturated heterocycles. The summed E-state index contributed by atoms with van der Waals surface area (Å²) in [6.07, 6.45) is -1.46. The van der Waals surface area contributed by atoms with Crippen LogP contribution in [0.3, 0.4) is 0 Å². The summed E-state index contributed by atoms with van der Waals surface area (Å²) >= 11 is 5.05. The number of rotatable bonds is 4. The van der Waals surface area contributed by atoms with E-state index in [-0.39, 0.29) is 0 Å². The van der Waals surface area contributed by atoms with Gasteiger partial charge in [0.25, 0.3) is 0 Å². The van der Waals surface area contributed by atoms with Crippen molar-refractivity contribution in [1.82, 2.24) is 0 Å². The Morgan fingerprint density at radius 3 is 2.50 bits per heavy atom. The van der Waals surface area contributed by atoms with Gasteiger partial charge in [-0.1, -0.05) is 19.9 Å². The molecule has 1 aromatic carbocycles. The van der Waals surface area contributed by atoms with Crippen LogP contribution in [-0.2, 0) is 4.79 Å². The number of carboxylic acids is 1. The average Bonchev–Trinajstić information content (AvgIpc) is 2.19. The average molecular weight is 305 g/mol. The first kappa shape index (κ1) is 13.5. The van der Waals surface area contributed by atoms with E-state index >= 15 is 0 Å². The number of aliphatic carboxylic acids is 1. The van der Waals surface area contributed by atoms with Crippen LogP contribution in [-0.4, -0.2) is 21.4 Å². The third-order valence-electron chi connectivity index (χ3n) is 1.87. The Bertz CT molecular complexity index is 393. The van der Waals surface area contributed by atoms with Crippen LogP contribution in [0.1, 0.15) is 25.5 Å². The number of aliphatic hydroxyl groups is 1. The van der Waals surface area contributed by atoms with E-state index in [9.17, 15) is 9.90 Å². The van der Waals surface area contributed by atoms with E-state index in [1.807, 2.05) is 6.07 Å². The van der Waals surface area contributed by atoms with Crippen molar-refractivity contribution >= 4 is 33.7 Å². The number of carbonyl (C=O) groups is 1. The monoisotopic (exact) mass is 304 g/mol. The quantitative estimate of drug-likeness (QED) is 0.839. The molecule has 0 amide bonds. The van der Waals surface area contributed by atoms with Crippen LogP contribution in [0.4, 0.5) is 0 Å². The van der Waals surface area contributed by atoms with Gasteiger partial charge in [0, 0.05) is 14.6 Å². The largest absolute Gasteiger partial charge is 0.479 e. The van der Waals surface area contributed by atoms with Gasteiger partial charge in [0.2, 0.25) is 0 Å². The second-order valence-electron chi connectivity index (χ2n) is 3.60. The summed E-state index contributed by atoms with van der Waals surface area (Å²) in [5.74, 6) is -1.24. The van der Waals surface area contributed by atoms with E-state index in [0.717, 1.165) is 9.37 Å². The topological polar surface area (TPSA) is 57.5 Å². The number of halogens is 1. The number of benzene rings is 1. The fourth-order valence-electron chi connectivity index (χ4n) is 1.18. The molecule has 0 aromatic heterocycles. The third kappa shape index (κ3) is 3.50. The van der Waals surface area contributed by atoms with Gasteiger partial charge in [-0.3, -0.25) is 0 Å². The van der Waals surface area contributed by atoms with Crippen molar-refractivity contribution in [2.45, 2.75) is 30.1 Å². The first-order chi connectivity index (χ1) is 7.41. The van der Waals surface area contributed by atoms with Crippen molar-refractivity contribution in [2.75, 3.05) is 0 Å². The van der Waals surface area contributed by atoms with Crippen LogP contribution in [0.2, 0.25) is 0 Å². The maximum Gasteiger partial charge on any atom is 0.337 e. The second kappa shape index (κ2) is 5.70. The molecule has 16 heavy (non-hydrogen) atoms. The molecule has 1 unspecified atom stereocenters. The molecule has 1 rings (SSSR count). The first-order valence-corrected chi connectivity index (χ1v) is 6.46. The maximum absolute atomic E-state index is 10.6. The molecule has 0 bridgehead atoms. The molecule has 0 aliphatic rings. The van der Waals surface area contributed by atoms with E-state index in [1.165, 1.54) is 0 Å². The highest BCUT2D eigenvalue weighted by molar-refractivity contribution is 9.10. The molecule has 0 aliphatic heterocycles. The van der Waals surface area contributed by atoms with Crippen LogP contribution in [0.5, 0.6) is 0 Å². The highest BCUT2D eigenvalue weighted by Gasteiger charge is 2.17. The first-order valence-electron chi connectivity index (χ1n) is 4.78. The van der Waals surface area contributed by atoms with Crippen molar-refractivity contribution < 1.29 is 15.0 Å². The molecule has 0 spiro atoms. The van der Waals surface area contributed by atoms with Crippen LogP contribution in [0.15, 0.2) is 27.6 Å². The SMILES string of the molecule is CC(C)Sc1ccc(C(O)C(=O)O)cc1Br. The van der Waals surface area contributed by atoms with Crippen molar-refractivity contribution in [3.05, 3.63) is 28.2 Å². The lowest BCUT2D eigenvalue weighted by Gasteiger charge is -2.10. The summed E-state index contributed by atoms with van der Waals surface area (Å²) in [6.45, 7) is 4.16. The Morgan fingerprint density at radius 2 is 2.06 bits per heavy atom. The molecule has 1 aromatic rings. The van der Waals surface area contributed by atoms with Gasteiger partial charge in [-0.05, 0) is 33.6 Å². The van der Waals surface area contributed by atoms with Gasteiger partial charge in [0.15, 0.2) is 6.10 Å². The summed E-state index contributed by atoms with van der Waals surface area (Å²) in [4.78, 5) is 11.6. The van der Waals surface area contributed by atoms with Crippen molar-refractivity contribution in [3.8, 4) is 0 Å². The minimum atomic E-state index is -1.46. The minimum absolute atomic E-state index is 0.382. The van der Waals surface area contributed by atoms with E-state index in [0.29, 0.717) is 10.8 Å². The fraction of sp³-hybridized carbons (Fsp3) is 0.364. The minimum Gasteiger partial charge on any atom is -0.479 e. The van der Waals surface area contributed by atoms with Gasteiger partial charge in [-0.25, -0.2) is 4.79 Å². The third-order valence-corrected chi connectivity index (χ3v) is 3.87. The second-order valence-corrected chi connectivity index (χ2v) is 6.07. The predicted molar refractivity (Wildman–Crippen MR) is 67.7 cm³/mol. The molecule has 0 heterocycles. The van der Waals surface area contributed by atoms with E-state index in [2.05, 4.69) is 29.8 Å². The molecular weight excluding hydrogens is 292 g/mol. The number of hydrogen-bond donors (Lipinski definition) is 2. The molecule has 88 valence electrons. The Morgan fingerprint density at radius 1 is 1.44 bits per heavy atom. The summed E-state index contributed by atoms with van der Waals surface area (Å²) < 4.78 is 0.809. The molecule has 5 heteroatoms. The highest BCUT2D eigenvalue weighted by atomic mass is 79.9. The maximum atomic E-state index is 10.6. The zero-order chi connectivity index (χ0) is 12.3. The number of aliphatic hydroxyl groups excluding tert-OH is 1. The standard InChI is InChI=1S/C11H13BrO3S/c1-6(2)16-9-4-3-7(5-8(9)12)10(13)11(14)15/h3-6,10,13H,1-2H3,(H,14,15). The Kier molecular flexibility index (Phi) is 4.83. The summed E-state index contributed by atoms with van der Waals surface area (Å²) in [5, 5.41) is 18.5. The van der Waals surface area contributed by atoms with Gasteiger partial charge in [0.1, 0.15) is 0 Å². The zero-order valence-electron chi connectivity index (χ0n) is 8.98. The van der Waals surface area contributed by atoms with E-state index in [1.54, 1.807) is 23.9 Å². The lowest BCUT2D eigenvalue weighted by Crippen LogP contribution is -2.10. The van der Waals surface area contributed by atoms with Gasteiger partial charge < -0.3 is 10.2 Å². The Labute approximate surface area is 107 Å². The normalized spacial score (nSPS) is 12.8. The van der Waals surface area contributed by atoms with Gasteiger partial charge in [0.05, 0.1) is 0 Å². The van der Waals surface area contributed by atoms with E-state index < -0.39 is 12.1 Å². The van der Waals surface area contributed by atoms with Gasteiger partial charge >= 0.3 is 5.97 Å². The number of hydrogen-bond acceptors (Lipinski definition) is 3. The number of carboxylic acid groups (broad SMARTS) is 1. The fourth-order valence-corrected chi connectivity index (χ4v) is 2.68. The van der Waals surface area contributed by atoms with E-state index in [4.69, 9.17) is 5.11 Å². The lowest BCUT2D eigenvalue weighted by atomic mass is 10.1. The Balaban J connectivity index is 2.95. The molecule has 0 aliphatic carbocycles. The van der Waals surface area contributed by atoms with Gasteiger partial charge in [-0.15, -0.1) is 11.8 Å².